The number of carbonyl (C=O) groups is 3. The number of allylic oxidation sites excluding steroid dienone is 4. The van der Waals surface area contributed by atoms with Crippen LogP contribution in [-0.4, -0.2) is 82.3 Å². The molecular formula is C59H111NO8. The predicted molar refractivity (Wildman–Crippen MR) is 283 cm³/mol. The molecule has 0 bridgehead atoms. The van der Waals surface area contributed by atoms with E-state index in [4.69, 9.17) is 18.9 Å². The van der Waals surface area contributed by atoms with Gasteiger partial charge in [-0.25, -0.2) is 0 Å². The summed E-state index contributed by atoms with van der Waals surface area (Å²) >= 11 is 0. The first-order valence-corrected chi connectivity index (χ1v) is 29.0. The summed E-state index contributed by atoms with van der Waals surface area (Å²) in [5.74, 6) is -2.27. The molecule has 0 N–H and O–H groups in total. The van der Waals surface area contributed by atoms with E-state index in [9.17, 15) is 19.5 Å². The lowest BCUT2D eigenvalue weighted by molar-refractivity contribution is -0.870. The largest absolute Gasteiger partial charge is 0.545 e. The lowest BCUT2D eigenvalue weighted by Gasteiger charge is -2.26. The minimum Gasteiger partial charge on any atom is -0.545 e. The van der Waals surface area contributed by atoms with Gasteiger partial charge in [0.1, 0.15) is 13.2 Å². The second-order valence-electron chi connectivity index (χ2n) is 20.9. The molecule has 0 aliphatic heterocycles. The molecule has 2 atom stereocenters. The van der Waals surface area contributed by atoms with Crippen molar-refractivity contribution < 1.29 is 42.9 Å². The average Bonchev–Trinajstić information content (AvgIpc) is 3.30. The van der Waals surface area contributed by atoms with Crippen molar-refractivity contribution in [3.8, 4) is 0 Å². The standard InChI is InChI=1S/C59H111NO8/c1-6-8-10-12-14-16-18-20-22-24-26-27-28-29-30-31-32-34-36-38-40-42-44-46-48-50-57(62)68-55(54-67-59(58(63)64)65-52-51-60(3,4)5)53-66-56(61)49-47-45-43-41-39-37-35-33-25-23-21-19-17-15-13-11-9-7-2/h23-26,55,59H,6-22,27-54H2,1-5H3/b25-23-,26-24-. The number of quaternary nitrogens is 1. The van der Waals surface area contributed by atoms with Crippen LogP contribution in [0.1, 0.15) is 277 Å². The maximum absolute atomic E-state index is 12.9. The van der Waals surface area contributed by atoms with Crippen LogP contribution in [0.25, 0.3) is 0 Å². The number of carboxylic acid groups (broad SMARTS) is 1. The van der Waals surface area contributed by atoms with E-state index in [0.717, 1.165) is 32.1 Å². The molecule has 0 aromatic rings. The second kappa shape index (κ2) is 51.1. The topological polar surface area (TPSA) is 111 Å². The third-order valence-electron chi connectivity index (χ3n) is 12.9. The Hall–Kier alpha value is -2.23. The third-order valence-corrected chi connectivity index (χ3v) is 12.9. The zero-order valence-electron chi connectivity index (χ0n) is 45.5. The van der Waals surface area contributed by atoms with Crippen molar-refractivity contribution in [2.45, 2.75) is 289 Å². The van der Waals surface area contributed by atoms with E-state index in [1.165, 1.54) is 212 Å². The Morgan fingerprint density at radius 1 is 0.426 bits per heavy atom. The lowest BCUT2D eigenvalue weighted by Crippen LogP contribution is -2.44. The summed E-state index contributed by atoms with van der Waals surface area (Å²) in [6.45, 7) is 4.78. The molecule has 0 fully saturated rings. The number of carbonyl (C=O) groups excluding carboxylic acids is 3. The number of aliphatic carboxylic acids is 1. The van der Waals surface area contributed by atoms with Crippen LogP contribution in [0.2, 0.25) is 0 Å². The van der Waals surface area contributed by atoms with Gasteiger partial charge in [-0.3, -0.25) is 9.59 Å². The summed E-state index contributed by atoms with van der Waals surface area (Å²) < 4.78 is 22.7. The second-order valence-corrected chi connectivity index (χ2v) is 20.9. The highest BCUT2D eigenvalue weighted by molar-refractivity contribution is 5.70. The molecule has 9 nitrogen and oxygen atoms in total. The highest BCUT2D eigenvalue weighted by atomic mass is 16.7. The van der Waals surface area contributed by atoms with Crippen molar-refractivity contribution in [1.29, 1.82) is 0 Å². The van der Waals surface area contributed by atoms with Crippen LogP contribution in [0.15, 0.2) is 24.3 Å². The first-order valence-electron chi connectivity index (χ1n) is 29.0. The molecule has 2 unspecified atom stereocenters. The van der Waals surface area contributed by atoms with Gasteiger partial charge in [0.2, 0.25) is 0 Å². The normalized spacial score (nSPS) is 12.9. The molecule has 0 aromatic carbocycles. The molecule has 0 heterocycles. The van der Waals surface area contributed by atoms with Gasteiger partial charge in [0, 0.05) is 12.8 Å². The maximum Gasteiger partial charge on any atom is 0.306 e. The molecule has 9 heteroatoms. The molecule has 0 saturated carbocycles. The van der Waals surface area contributed by atoms with Gasteiger partial charge in [-0.15, -0.1) is 0 Å². The number of esters is 2. The summed E-state index contributed by atoms with van der Waals surface area (Å²) in [5.41, 5.74) is 0. The Kier molecular flexibility index (Phi) is 49.5. The Labute approximate surface area is 420 Å². The van der Waals surface area contributed by atoms with Crippen molar-refractivity contribution in [3.63, 3.8) is 0 Å². The minimum atomic E-state index is -1.62. The Balaban J connectivity index is 4.22. The van der Waals surface area contributed by atoms with Crippen molar-refractivity contribution in [2.75, 3.05) is 47.5 Å². The fraction of sp³-hybridized carbons (Fsp3) is 0.881. The molecule has 0 aliphatic carbocycles. The molecular weight excluding hydrogens is 851 g/mol. The van der Waals surface area contributed by atoms with Crippen molar-refractivity contribution in [1.82, 2.24) is 0 Å². The lowest BCUT2D eigenvalue weighted by atomic mass is 10.0. The van der Waals surface area contributed by atoms with E-state index in [0.29, 0.717) is 23.9 Å². The van der Waals surface area contributed by atoms with Gasteiger partial charge in [-0.2, -0.15) is 0 Å². The number of ether oxygens (including phenoxy) is 4. The van der Waals surface area contributed by atoms with Crippen molar-refractivity contribution >= 4 is 17.9 Å². The Morgan fingerprint density at radius 2 is 0.750 bits per heavy atom. The molecule has 0 saturated heterocycles. The number of nitrogens with zero attached hydrogens (tertiary/aromatic N) is 1. The number of likely N-dealkylation sites (N-methyl/N-ethyl adjacent to an activating group) is 1. The van der Waals surface area contributed by atoms with E-state index in [2.05, 4.69) is 38.2 Å². The molecule has 68 heavy (non-hydrogen) atoms. The van der Waals surface area contributed by atoms with Crippen molar-refractivity contribution in [3.05, 3.63) is 24.3 Å². The quantitative estimate of drug-likeness (QED) is 0.0195. The van der Waals surface area contributed by atoms with Crippen LogP contribution >= 0.6 is 0 Å². The van der Waals surface area contributed by atoms with Crippen LogP contribution in [0.5, 0.6) is 0 Å². The summed E-state index contributed by atoms with van der Waals surface area (Å²) in [5, 5.41) is 11.8. The number of hydrogen-bond donors (Lipinski definition) is 0. The fourth-order valence-corrected chi connectivity index (χ4v) is 8.41. The zero-order chi connectivity index (χ0) is 49.9. The van der Waals surface area contributed by atoms with E-state index in [1.807, 2.05) is 21.1 Å². The molecule has 400 valence electrons. The fourth-order valence-electron chi connectivity index (χ4n) is 8.41. The highest BCUT2D eigenvalue weighted by Gasteiger charge is 2.22. The van der Waals surface area contributed by atoms with Gasteiger partial charge in [0.15, 0.2) is 12.4 Å². The van der Waals surface area contributed by atoms with E-state index >= 15 is 0 Å². The molecule has 0 radical (unpaired) electrons. The zero-order valence-corrected chi connectivity index (χ0v) is 45.5. The maximum atomic E-state index is 12.9. The van der Waals surface area contributed by atoms with E-state index in [1.54, 1.807) is 0 Å². The number of carboxylic acids is 1. The van der Waals surface area contributed by atoms with Crippen LogP contribution in [0.4, 0.5) is 0 Å². The average molecular weight is 963 g/mol. The van der Waals surface area contributed by atoms with Crippen LogP contribution in [0, 0.1) is 0 Å². The van der Waals surface area contributed by atoms with Gasteiger partial charge in [-0.05, 0) is 64.2 Å². The molecule has 0 amide bonds. The Bertz CT molecular complexity index is 1170. The molecule has 0 aliphatic rings. The number of rotatable bonds is 54. The SMILES string of the molecule is CCCCCCCCC/C=C\CCCCCCCCCC(=O)OCC(COC(OCC[N+](C)(C)C)C(=O)[O-])OC(=O)CCCCCCCCCCCCCCC/C=C\CCCCCCCCCC. The van der Waals surface area contributed by atoms with Gasteiger partial charge in [0.25, 0.3) is 0 Å². The van der Waals surface area contributed by atoms with Gasteiger partial charge in [0.05, 0.1) is 40.3 Å². The first-order chi connectivity index (χ1) is 33.1. The van der Waals surface area contributed by atoms with Crippen molar-refractivity contribution in [2.24, 2.45) is 0 Å². The minimum absolute atomic E-state index is 0.149. The summed E-state index contributed by atoms with van der Waals surface area (Å²) in [6.07, 6.45) is 56.5. The van der Waals surface area contributed by atoms with Gasteiger partial charge < -0.3 is 33.3 Å². The summed E-state index contributed by atoms with van der Waals surface area (Å²) in [4.78, 5) is 37.3. The molecule has 0 spiro atoms. The first kappa shape index (κ1) is 65.8. The van der Waals surface area contributed by atoms with E-state index in [-0.39, 0.29) is 32.2 Å². The monoisotopic (exact) mass is 962 g/mol. The van der Waals surface area contributed by atoms with Crippen LogP contribution < -0.4 is 5.11 Å². The number of hydrogen-bond acceptors (Lipinski definition) is 8. The molecule has 0 aromatic heterocycles. The predicted octanol–water partition coefficient (Wildman–Crippen LogP) is 15.4. The summed E-state index contributed by atoms with van der Waals surface area (Å²) in [6, 6.07) is 0. The highest BCUT2D eigenvalue weighted by Crippen LogP contribution is 2.16. The summed E-state index contributed by atoms with van der Waals surface area (Å²) in [7, 11) is 5.93. The third kappa shape index (κ3) is 51.6. The van der Waals surface area contributed by atoms with Crippen LogP contribution in [-0.2, 0) is 33.3 Å². The van der Waals surface area contributed by atoms with Gasteiger partial charge in [-0.1, -0.05) is 224 Å². The number of unbranched alkanes of at least 4 members (excludes halogenated alkanes) is 35. The van der Waals surface area contributed by atoms with Gasteiger partial charge >= 0.3 is 11.9 Å². The van der Waals surface area contributed by atoms with Crippen LogP contribution in [0.3, 0.4) is 0 Å². The molecule has 0 rings (SSSR count). The van der Waals surface area contributed by atoms with E-state index < -0.39 is 24.3 Å². The smallest absolute Gasteiger partial charge is 0.306 e. The Morgan fingerprint density at radius 3 is 1.09 bits per heavy atom.